The second-order valence-electron chi connectivity index (χ2n) is 8.21. The highest BCUT2D eigenvalue weighted by atomic mass is 16.7. The first-order chi connectivity index (χ1) is 19.5. The lowest BCUT2D eigenvalue weighted by Gasteiger charge is -2.13. The molecule has 0 aliphatic rings. The van der Waals surface area contributed by atoms with Crippen LogP contribution in [-0.2, 0) is 9.53 Å². The molecule has 40 heavy (non-hydrogen) atoms. The maximum absolute atomic E-state index is 12.9. The summed E-state index contributed by atoms with van der Waals surface area (Å²) >= 11 is 0. The van der Waals surface area contributed by atoms with Crippen molar-refractivity contribution in [1.29, 1.82) is 0 Å². The molecule has 8 nitrogen and oxygen atoms in total. The molecule has 8 heteroatoms. The zero-order valence-corrected chi connectivity index (χ0v) is 21.7. The van der Waals surface area contributed by atoms with Gasteiger partial charge in [-0.2, -0.15) is 0 Å². The standard InChI is InChI=1S/C32H26O8/c1-3-30(33)38-21-37-26-16-12-23(13-17-26)31(34)39-27-18-19-29(28(20-27)22-8-6-5-7-9-22)40-32(35)24-10-14-25(15-11-24)36-4-2/h3,5-20H,1,4,21H2,2H3. The van der Waals surface area contributed by atoms with Crippen molar-refractivity contribution in [3.63, 3.8) is 0 Å². The third-order valence-corrected chi connectivity index (χ3v) is 5.53. The molecule has 0 atom stereocenters. The summed E-state index contributed by atoms with van der Waals surface area (Å²) in [7, 11) is 0. The zero-order chi connectivity index (χ0) is 28.3. The maximum atomic E-state index is 12.9. The summed E-state index contributed by atoms with van der Waals surface area (Å²) in [4.78, 5) is 36.8. The number of hydrogen-bond acceptors (Lipinski definition) is 8. The van der Waals surface area contributed by atoms with Gasteiger partial charge >= 0.3 is 17.9 Å². The van der Waals surface area contributed by atoms with Crippen LogP contribution in [0.5, 0.6) is 23.0 Å². The van der Waals surface area contributed by atoms with Crippen molar-refractivity contribution in [2.24, 2.45) is 0 Å². The van der Waals surface area contributed by atoms with Gasteiger partial charge < -0.3 is 23.7 Å². The molecule has 0 aliphatic heterocycles. The van der Waals surface area contributed by atoms with Gasteiger partial charge in [-0.15, -0.1) is 0 Å². The van der Waals surface area contributed by atoms with Crippen LogP contribution in [0, 0.1) is 0 Å². The van der Waals surface area contributed by atoms with E-state index in [-0.39, 0.29) is 18.1 Å². The fourth-order valence-electron chi connectivity index (χ4n) is 3.59. The predicted molar refractivity (Wildman–Crippen MR) is 148 cm³/mol. The summed E-state index contributed by atoms with van der Waals surface area (Å²) in [5.74, 6) is -0.101. The van der Waals surface area contributed by atoms with Crippen LogP contribution in [0.4, 0.5) is 0 Å². The van der Waals surface area contributed by atoms with E-state index in [0.717, 1.165) is 11.6 Å². The van der Waals surface area contributed by atoms with Gasteiger partial charge in [0.05, 0.1) is 17.7 Å². The van der Waals surface area contributed by atoms with Crippen LogP contribution in [0.15, 0.2) is 110 Å². The minimum absolute atomic E-state index is 0.265. The molecule has 4 aromatic rings. The van der Waals surface area contributed by atoms with Crippen LogP contribution in [0.25, 0.3) is 11.1 Å². The predicted octanol–water partition coefficient (Wildman–Crippen LogP) is 6.26. The average molecular weight is 539 g/mol. The molecule has 0 saturated carbocycles. The highest BCUT2D eigenvalue weighted by molar-refractivity contribution is 5.93. The molecule has 0 fully saturated rings. The Kier molecular flexibility index (Phi) is 9.29. The molecule has 0 aromatic heterocycles. The fourth-order valence-corrected chi connectivity index (χ4v) is 3.59. The van der Waals surface area contributed by atoms with Gasteiger partial charge in [0.25, 0.3) is 0 Å². The van der Waals surface area contributed by atoms with Gasteiger partial charge in [-0.3, -0.25) is 0 Å². The molecule has 4 aromatic carbocycles. The second-order valence-corrected chi connectivity index (χ2v) is 8.21. The Bertz CT molecular complexity index is 1480. The van der Waals surface area contributed by atoms with E-state index in [9.17, 15) is 14.4 Å². The highest BCUT2D eigenvalue weighted by Gasteiger charge is 2.16. The number of carbonyl (C=O) groups excluding carboxylic acids is 3. The third kappa shape index (κ3) is 7.35. The topological polar surface area (TPSA) is 97.4 Å². The first-order valence-electron chi connectivity index (χ1n) is 12.4. The maximum Gasteiger partial charge on any atom is 0.343 e. The minimum Gasteiger partial charge on any atom is -0.494 e. The van der Waals surface area contributed by atoms with Gasteiger partial charge in [-0.05, 0) is 79.2 Å². The lowest BCUT2D eigenvalue weighted by molar-refractivity contribution is -0.144. The Morgan fingerprint density at radius 3 is 1.88 bits per heavy atom. The smallest absolute Gasteiger partial charge is 0.343 e. The van der Waals surface area contributed by atoms with Gasteiger partial charge in [-0.1, -0.05) is 36.9 Å². The SMILES string of the molecule is C=CC(=O)OCOc1ccc(C(=O)Oc2ccc(OC(=O)c3ccc(OCC)cc3)c(-c3ccccc3)c2)cc1. The molecule has 0 unspecified atom stereocenters. The van der Waals surface area contributed by atoms with Gasteiger partial charge in [0, 0.05) is 11.6 Å². The number of benzene rings is 4. The lowest BCUT2D eigenvalue weighted by atomic mass is 10.0. The minimum atomic E-state index is -0.605. The molecule has 0 heterocycles. The third-order valence-electron chi connectivity index (χ3n) is 5.53. The molecular weight excluding hydrogens is 512 g/mol. The first kappa shape index (κ1) is 27.7. The van der Waals surface area contributed by atoms with Crippen molar-refractivity contribution >= 4 is 17.9 Å². The molecule has 0 saturated heterocycles. The Hall–Kier alpha value is -5.37. The van der Waals surface area contributed by atoms with E-state index >= 15 is 0 Å². The van der Waals surface area contributed by atoms with E-state index in [1.807, 2.05) is 37.3 Å². The van der Waals surface area contributed by atoms with Crippen LogP contribution in [-0.4, -0.2) is 31.3 Å². The summed E-state index contributed by atoms with van der Waals surface area (Å²) in [5, 5.41) is 0. The van der Waals surface area contributed by atoms with Gasteiger partial charge in [0.2, 0.25) is 6.79 Å². The van der Waals surface area contributed by atoms with E-state index in [1.54, 1.807) is 54.6 Å². The lowest BCUT2D eigenvalue weighted by Crippen LogP contribution is -2.11. The Morgan fingerprint density at radius 2 is 1.27 bits per heavy atom. The molecule has 4 rings (SSSR count). The van der Waals surface area contributed by atoms with Crippen molar-refractivity contribution in [3.05, 3.63) is 121 Å². The number of hydrogen-bond donors (Lipinski definition) is 0. The number of ether oxygens (including phenoxy) is 5. The van der Waals surface area contributed by atoms with Crippen LogP contribution >= 0.6 is 0 Å². The highest BCUT2D eigenvalue weighted by Crippen LogP contribution is 2.34. The van der Waals surface area contributed by atoms with Crippen LogP contribution in [0.3, 0.4) is 0 Å². The zero-order valence-electron chi connectivity index (χ0n) is 21.7. The quantitative estimate of drug-likeness (QED) is 0.0956. The number of carbonyl (C=O) groups is 3. The van der Waals surface area contributed by atoms with Gasteiger partial charge in [0.15, 0.2) is 0 Å². The van der Waals surface area contributed by atoms with Crippen molar-refractivity contribution in [3.8, 4) is 34.1 Å². The molecule has 0 bridgehead atoms. The molecule has 0 amide bonds. The summed E-state index contributed by atoms with van der Waals surface area (Å²) in [5.41, 5.74) is 1.99. The molecule has 0 aliphatic carbocycles. The van der Waals surface area contributed by atoms with E-state index < -0.39 is 17.9 Å². The molecule has 0 spiro atoms. The summed E-state index contributed by atoms with van der Waals surface area (Å²) in [6.45, 7) is 5.43. The molecule has 202 valence electrons. The van der Waals surface area contributed by atoms with Crippen molar-refractivity contribution in [2.45, 2.75) is 6.92 Å². The van der Waals surface area contributed by atoms with E-state index in [2.05, 4.69) is 6.58 Å². The molecule has 0 radical (unpaired) electrons. The number of rotatable bonds is 11. The van der Waals surface area contributed by atoms with Gasteiger partial charge in [-0.25, -0.2) is 14.4 Å². The number of esters is 3. The Morgan fingerprint density at radius 1 is 0.700 bits per heavy atom. The van der Waals surface area contributed by atoms with Crippen LogP contribution in [0.1, 0.15) is 27.6 Å². The summed E-state index contributed by atoms with van der Waals surface area (Å²) in [6.07, 6.45) is 1.03. The largest absolute Gasteiger partial charge is 0.494 e. The van der Waals surface area contributed by atoms with Crippen LogP contribution in [0.2, 0.25) is 0 Å². The van der Waals surface area contributed by atoms with Crippen molar-refractivity contribution < 1.29 is 38.1 Å². The van der Waals surface area contributed by atoms with E-state index in [0.29, 0.717) is 35.0 Å². The van der Waals surface area contributed by atoms with E-state index in [1.165, 1.54) is 12.1 Å². The molecular formula is C32H26O8. The second kappa shape index (κ2) is 13.4. The Balaban J connectivity index is 1.49. The summed E-state index contributed by atoms with van der Waals surface area (Å²) < 4.78 is 26.8. The fraction of sp³-hybridized carbons (Fsp3) is 0.0938. The Labute approximate surface area is 231 Å². The van der Waals surface area contributed by atoms with Gasteiger partial charge in [0.1, 0.15) is 23.0 Å². The normalized spacial score (nSPS) is 10.2. The van der Waals surface area contributed by atoms with Crippen molar-refractivity contribution in [1.82, 2.24) is 0 Å². The molecule has 0 N–H and O–H groups in total. The summed E-state index contributed by atoms with van der Waals surface area (Å²) in [6, 6.07) is 26.9. The van der Waals surface area contributed by atoms with Crippen LogP contribution < -0.4 is 18.9 Å². The monoisotopic (exact) mass is 538 g/mol. The average Bonchev–Trinajstić information content (AvgIpc) is 2.99. The first-order valence-corrected chi connectivity index (χ1v) is 12.4. The van der Waals surface area contributed by atoms with Crippen molar-refractivity contribution in [2.75, 3.05) is 13.4 Å². The van der Waals surface area contributed by atoms with E-state index in [4.69, 9.17) is 23.7 Å².